The fourth-order valence-corrected chi connectivity index (χ4v) is 3.57. The van der Waals surface area contributed by atoms with Crippen LogP contribution in [0.15, 0.2) is 40.8 Å². The van der Waals surface area contributed by atoms with E-state index in [1.54, 1.807) is 24.3 Å². The molecule has 2 rings (SSSR count). The SMILES string of the molecule is O=S(=O)(NCCC1=CCCCC1)c1ccc(I)cc1. The molecule has 1 aromatic rings. The molecular weight excluding hydrogens is 373 g/mol. The fourth-order valence-electron chi connectivity index (χ4n) is 2.17. The molecule has 0 saturated carbocycles. The van der Waals surface area contributed by atoms with Gasteiger partial charge < -0.3 is 0 Å². The van der Waals surface area contributed by atoms with Crippen molar-refractivity contribution in [3.63, 3.8) is 0 Å². The predicted octanol–water partition coefficient (Wildman–Crippen LogP) is 3.46. The minimum Gasteiger partial charge on any atom is -0.211 e. The average Bonchev–Trinajstić information content (AvgIpc) is 2.40. The van der Waals surface area contributed by atoms with Crippen LogP contribution in [-0.2, 0) is 10.0 Å². The van der Waals surface area contributed by atoms with Gasteiger partial charge in [-0.2, -0.15) is 0 Å². The van der Waals surface area contributed by atoms with Gasteiger partial charge in [0.2, 0.25) is 10.0 Å². The number of halogens is 1. The second-order valence-corrected chi connectivity index (χ2v) is 7.72. The lowest BCUT2D eigenvalue weighted by molar-refractivity contribution is 0.579. The average molecular weight is 391 g/mol. The molecule has 0 aromatic heterocycles. The topological polar surface area (TPSA) is 46.2 Å². The van der Waals surface area contributed by atoms with E-state index in [0.717, 1.165) is 22.8 Å². The summed E-state index contributed by atoms with van der Waals surface area (Å²) in [4.78, 5) is 0.338. The fraction of sp³-hybridized carbons (Fsp3) is 0.429. The minimum atomic E-state index is -3.36. The van der Waals surface area contributed by atoms with Gasteiger partial charge in [-0.3, -0.25) is 0 Å². The van der Waals surface area contributed by atoms with Crippen LogP contribution < -0.4 is 4.72 Å². The van der Waals surface area contributed by atoms with E-state index in [2.05, 4.69) is 33.4 Å². The van der Waals surface area contributed by atoms with Crippen LogP contribution in [0.5, 0.6) is 0 Å². The van der Waals surface area contributed by atoms with E-state index in [4.69, 9.17) is 0 Å². The largest absolute Gasteiger partial charge is 0.240 e. The van der Waals surface area contributed by atoms with Crippen molar-refractivity contribution in [2.24, 2.45) is 0 Å². The monoisotopic (exact) mass is 391 g/mol. The van der Waals surface area contributed by atoms with Crippen LogP contribution in [0.1, 0.15) is 32.1 Å². The number of sulfonamides is 1. The van der Waals surface area contributed by atoms with Crippen LogP contribution in [0.2, 0.25) is 0 Å². The molecule has 0 radical (unpaired) electrons. The van der Waals surface area contributed by atoms with Gasteiger partial charge in [0.05, 0.1) is 4.90 Å². The van der Waals surface area contributed by atoms with Crippen LogP contribution in [0, 0.1) is 3.57 Å². The van der Waals surface area contributed by atoms with Crippen molar-refractivity contribution < 1.29 is 8.42 Å². The number of hydrogen-bond donors (Lipinski definition) is 1. The quantitative estimate of drug-likeness (QED) is 0.617. The molecule has 0 fully saturated rings. The highest BCUT2D eigenvalue weighted by molar-refractivity contribution is 14.1. The first kappa shape index (κ1) is 15.0. The summed E-state index contributed by atoms with van der Waals surface area (Å²) in [5.74, 6) is 0. The van der Waals surface area contributed by atoms with E-state index < -0.39 is 10.0 Å². The Morgan fingerprint density at radius 1 is 1.16 bits per heavy atom. The molecule has 0 amide bonds. The van der Waals surface area contributed by atoms with Crippen LogP contribution in [0.25, 0.3) is 0 Å². The molecule has 0 heterocycles. The normalized spacial score (nSPS) is 16.2. The van der Waals surface area contributed by atoms with Gasteiger partial charge in [0.1, 0.15) is 0 Å². The van der Waals surface area contributed by atoms with Crippen LogP contribution >= 0.6 is 22.6 Å². The van der Waals surface area contributed by atoms with Gasteiger partial charge in [-0.05, 0) is 79.0 Å². The first-order chi connectivity index (χ1) is 9.08. The zero-order valence-corrected chi connectivity index (χ0v) is 13.7. The Morgan fingerprint density at radius 2 is 1.89 bits per heavy atom. The first-order valence-electron chi connectivity index (χ1n) is 6.51. The number of allylic oxidation sites excluding steroid dienone is 1. The van der Waals surface area contributed by atoms with Gasteiger partial charge in [0, 0.05) is 10.1 Å². The summed E-state index contributed by atoms with van der Waals surface area (Å²) < 4.78 is 27.8. The van der Waals surface area contributed by atoms with Gasteiger partial charge in [0.25, 0.3) is 0 Å². The molecule has 0 unspecified atom stereocenters. The highest BCUT2D eigenvalue weighted by Crippen LogP contribution is 2.19. The van der Waals surface area contributed by atoms with Crippen LogP contribution in [0.4, 0.5) is 0 Å². The lowest BCUT2D eigenvalue weighted by Crippen LogP contribution is -2.25. The summed E-state index contributed by atoms with van der Waals surface area (Å²) >= 11 is 2.16. The zero-order chi connectivity index (χ0) is 13.7. The number of rotatable bonds is 5. The van der Waals surface area contributed by atoms with Crippen molar-refractivity contribution in [1.82, 2.24) is 4.72 Å². The van der Waals surface area contributed by atoms with Gasteiger partial charge in [0.15, 0.2) is 0 Å². The lowest BCUT2D eigenvalue weighted by atomic mass is 9.97. The molecule has 0 bridgehead atoms. The Kier molecular flexibility index (Phi) is 5.41. The first-order valence-corrected chi connectivity index (χ1v) is 9.07. The van der Waals surface area contributed by atoms with Gasteiger partial charge >= 0.3 is 0 Å². The summed E-state index contributed by atoms with van der Waals surface area (Å²) in [6.45, 7) is 0.486. The summed E-state index contributed by atoms with van der Waals surface area (Å²) in [5, 5.41) is 0. The maximum absolute atomic E-state index is 12.1. The third-order valence-electron chi connectivity index (χ3n) is 3.25. The molecule has 3 nitrogen and oxygen atoms in total. The van der Waals surface area contributed by atoms with Crippen molar-refractivity contribution in [2.45, 2.75) is 37.0 Å². The van der Waals surface area contributed by atoms with Crippen molar-refractivity contribution in [1.29, 1.82) is 0 Å². The Labute approximate surface area is 128 Å². The Morgan fingerprint density at radius 3 is 2.53 bits per heavy atom. The Hall–Kier alpha value is -0.400. The smallest absolute Gasteiger partial charge is 0.211 e. The molecule has 1 aliphatic rings. The molecule has 1 aromatic carbocycles. The van der Waals surface area contributed by atoms with Gasteiger partial charge in [-0.25, -0.2) is 13.1 Å². The van der Waals surface area contributed by atoms with E-state index in [-0.39, 0.29) is 0 Å². The summed E-state index contributed by atoms with van der Waals surface area (Å²) in [7, 11) is -3.36. The number of benzene rings is 1. The standard InChI is InChI=1S/C14H18INO2S/c15-13-6-8-14(9-7-13)19(17,18)16-11-10-12-4-2-1-3-5-12/h4,6-9,16H,1-3,5,10-11H2. The van der Waals surface area contributed by atoms with Crippen molar-refractivity contribution in [3.05, 3.63) is 39.5 Å². The maximum Gasteiger partial charge on any atom is 0.240 e. The lowest BCUT2D eigenvalue weighted by Gasteiger charge is -2.13. The Bertz CT molecular complexity index is 549. The predicted molar refractivity (Wildman–Crippen MR) is 85.5 cm³/mol. The van der Waals surface area contributed by atoms with E-state index in [1.165, 1.54) is 18.4 Å². The molecule has 0 atom stereocenters. The van der Waals surface area contributed by atoms with Crippen LogP contribution in [-0.4, -0.2) is 15.0 Å². The van der Waals surface area contributed by atoms with Gasteiger partial charge in [-0.1, -0.05) is 11.6 Å². The molecular formula is C14H18INO2S. The number of hydrogen-bond acceptors (Lipinski definition) is 2. The molecule has 1 aliphatic carbocycles. The minimum absolute atomic E-state index is 0.338. The molecule has 0 saturated heterocycles. The molecule has 1 N–H and O–H groups in total. The molecule has 0 aliphatic heterocycles. The summed E-state index contributed by atoms with van der Waals surface area (Å²) in [6, 6.07) is 6.89. The van der Waals surface area contributed by atoms with E-state index in [0.29, 0.717) is 11.4 Å². The zero-order valence-electron chi connectivity index (χ0n) is 10.7. The van der Waals surface area contributed by atoms with E-state index >= 15 is 0 Å². The van der Waals surface area contributed by atoms with Crippen molar-refractivity contribution >= 4 is 32.6 Å². The highest BCUT2D eigenvalue weighted by atomic mass is 127. The van der Waals surface area contributed by atoms with E-state index in [9.17, 15) is 8.42 Å². The van der Waals surface area contributed by atoms with E-state index in [1.807, 2.05) is 0 Å². The maximum atomic E-state index is 12.1. The van der Waals surface area contributed by atoms with Gasteiger partial charge in [-0.15, -0.1) is 0 Å². The van der Waals surface area contributed by atoms with Crippen molar-refractivity contribution in [2.75, 3.05) is 6.54 Å². The number of nitrogens with one attached hydrogen (secondary N) is 1. The second-order valence-electron chi connectivity index (χ2n) is 4.71. The highest BCUT2D eigenvalue weighted by Gasteiger charge is 2.13. The third kappa shape index (κ3) is 4.57. The molecule has 104 valence electrons. The molecule has 5 heteroatoms. The Balaban J connectivity index is 1.90. The summed E-state index contributed by atoms with van der Waals surface area (Å²) in [6.07, 6.45) is 7.82. The third-order valence-corrected chi connectivity index (χ3v) is 5.44. The van der Waals surface area contributed by atoms with Crippen LogP contribution in [0.3, 0.4) is 0 Å². The van der Waals surface area contributed by atoms with Crippen molar-refractivity contribution in [3.8, 4) is 0 Å². The molecule has 19 heavy (non-hydrogen) atoms. The second kappa shape index (κ2) is 6.85. The molecule has 0 spiro atoms. The summed E-state index contributed by atoms with van der Waals surface area (Å²) in [5.41, 5.74) is 1.39.